The number of thiophene rings is 1. The summed E-state index contributed by atoms with van der Waals surface area (Å²) in [5, 5.41) is 4.80. The summed E-state index contributed by atoms with van der Waals surface area (Å²) in [5.74, 6) is -1.23. The van der Waals surface area contributed by atoms with Crippen LogP contribution in [-0.4, -0.2) is 48.8 Å². The lowest BCUT2D eigenvalue weighted by atomic mass is 10.1. The van der Waals surface area contributed by atoms with Gasteiger partial charge in [0.2, 0.25) is 0 Å². The summed E-state index contributed by atoms with van der Waals surface area (Å²) in [6.45, 7) is 3.71. The number of nitrogens with zero attached hydrogens (tertiary/aromatic N) is 2. The second-order valence-corrected chi connectivity index (χ2v) is 11.8. The number of carbonyl (C=O) groups is 2. The second-order valence-electron chi connectivity index (χ2n) is 8.25. The third-order valence-corrected chi connectivity index (χ3v) is 8.47. The molecule has 0 aliphatic heterocycles. The van der Waals surface area contributed by atoms with E-state index in [1.165, 1.54) is 35.1 Å². The zero-order valence-corrected chi connectivity index (χ0v) is 23.4. The van der Waals surface area contributed by atoms with E-state index in [1.54, 1.807) is 38.1 Å². The Bertz CT molecular complexity index is 1310. The fraction of sp³-hybridized carbons (Fsp3) is 0.292. The first-order chi connectivity index (χ1) is 17.5. The van der Waals surface area contributed by atoms with Crippen molar-refractivity contribution in [2.75, 3.05) is 12.4 Å². The molecule has 1 amide bonds. The molecule has 198 valence electrons. The fourth-order valence-corrected chi connectivity index (χ4v) is 6.31. The lowest BCUT2D eigenvalue weighted by Gasteiger charge is -2.27. The molecule has 1 aromatic carbocycles. The van der Waals surface area contributed by atoms with Gasteiger partial charge >= 0.3 is 5.97 Å². The van der Waals surface area contributed by atoms with Crippen molar-refractivity contribution in [3.8, 4) is 0 Å². The molecule has 0 fully saturated rings. The van der Waals surface area contributed by atoms with Gasteiger partial charge in [-0.15, -0.1) is 11.3 Å². The first-order valence-corrected chi connectivity index (χ1v) is 14.2. The van der Waals surface area contributed by atoms with Gasteiger partial charge in [-0.25, -0.2) is 0 Å². The third-order valence-electron chi connectivity index (χ3n) is 5.29. The number of ether oxygens (including phenoxy) is 1. The Labute approximate surface area is 229 Å². The van der Waals surface area contributed by atoms with Gasteiger partial charge in [-0.3, -0.25) is 14.6 Å². The Kier molecular flexibility index (Phi) is 10.0. The number of anilines is 1. The van der Waals surface area contributed by atoms with Crippen molar-refractivity contribution in [3.63, 3.8) is 0 Å². The molecule has 0 saturated heterocycles. The maximum Gasteiger partial charge on any atom is 0.324 e. The minimum absolute atomic E-state index is 0.0348. The predicted molar refractivity (Wildman–Crippen MR) is 145 cm³/mol. The molecule has 2 N–H and O–H groups in total. The fourth-order valence-electron chi connectivity index (χ4n) is 3.45. The van der Waals surface area contributed by atoms with Crippen molar-refractivity contribution in [3.05, 3.63) is 80.2 Å². The monoisotopic (exact) mass is 584 g/mol. The molecular weight excluding hydrogens is 559 g/mol. The number of aromatic nitrogens is 1. The average molecular weight is 586 g/mol. The molecule has 2 heterocycles. The molecule has 3 aromatic rings. The van der Waals surface area contributed by atoms with Crippen LogP contribution in [0.25, 0.3) is 0 Å². The van der Waals surface area contributed by atoms with E-state index in [0.717, 1.165) is 4.88 Å². The summed E-state index contributed by atoms with van der Waals surface area (Å²) in [4.78, 5) is 29.8. The Morgan fingerprint density at radius 3 is 2.30 bits per heavy atom. The Morgan fingerprint density at radius 1 is 1.11 bits per heavy atom. The van der Waals surface area contributed by atoms with Gasteiger partial charge in [0.05, 0.1) is 22.7 Å². The van der Waals surface area contributed by atoms with Crippen LogP contribution in [0.4, 0.5) is 5.69 Å². The van der Waals surface area contributed by atoms with Gasteiger partial charge < -0.3 is 10.1 Å². The maximum atomic E-state index is 13.2. The topological polar surface area (TPSA) is 118 Å². The summed E-state index contributed by atoms with van der Waals surface area (Å²) in [6.07, 6.45) is 2.67. The molecule has 1 atom stereocenters. The highest BCUT2D eigenvalue weighted by molar-refractivity contribution is 7.87. The molecule has 37 heavy (non-hydrogen) atoms. The zero-order valence-electron chi connectivity index (χ0n) is 20.3. The van der Waals surface area contributed by atoms with Gasteiger partial charge in [0.25, 0.3) is 16.1 Å². The van der Waals surface area contributed by atoms with E-state index >= 15 is 0 Å². The van der Waals surface area contributed by atoms with Crippen LogP contribution in [0.3, 0.4) is 0 Å². The van der Waals surface area contributed by atoms with E-state index in [4.69, 9.17) is 27.9 Å². The molecular formula is C24H26Cl2N4O5S2. The van der Waals surface area contributed by atoms with Crippen LogP contribution in [0, 0.1) is 0 Å². The molecule has 0 radical (unpaired) electrons. The molecule has 0 bridgehead atoms. The second kappa shape index (κ2) is 12.8. The first kappa shape index (κ1) is 29.0. The van der Waals surface area contributed by atoms with Crippen LogP contribution < -0.4 is 10.0 Å². The summed E-state index contributed by atoms with van der Waals surface area (Å²) in [5.41, 5.74) is 1.19. The van der Waals surface area contributed by atoms with E-state index < -0.39 is 28.1 Å². The van der Waals surface area contributed by atoms with E-state index in [0.29, 0.717) is 11.3 Å². The van der Waals surface area contributed by atoms with E-state index in [2.05, 4.69) is 15.0 Å². The van der Waals surface area contributed by atoms with Crippen LogP contribution in [0.15, 0.2) is 54.2 Å². The number of benzene rings is 1. The van der Waals surface area contributed by atoms with Crippen LogP contribution in [0.1, 0.15) is 34.6 Å². The standard InChI is InChI=1S/C24H26Cl2N4O5S2/c1-15(2)30(14-18-5-4-10-36-18)37(33,34)29-21(24(32)35-3)11-16-6-8-17(9-7-16)28-23(31)22-19(25)12-27-13-20(22)26/h4-10,12-13,15,21,29H,11,14H2,1-3H3,(H,28,31)/t21-/m0/s1. The number of pyridine rings is 1. The van der Waals surface area contributed by atoms with E-state index in [-0.39, 0.29) is 34.6 Å². The number of methoxy groups -OCH3 is 1. The van der Waals surface area contributed by atoms with E-state index in [1.807, 2.05) is 17.5 Å². The number of carbonyl (C=O) groups excluding carboxylic acids is 2. The van der Waals surface area contributed by atoms with Crippen LogP contribution in [-0.2, 0) is 32.7 Å². The molecule has 3 rings (SSSR count). The van der Waals surface area contributed by atoms with Crippen molar-refractivity contribution in [1.82, 2.24) is 14.0 Å². The Morgan fingerprint density at radius 2 is 1.76 bits per heavy atom. The number of rotatable bonds is 11. The summed E-state index contributed by atoms with van der Waals surface area (Å²) in [6, 6.07) is 8.78. The van der Waals surface area contributed by atoms with Gasteiger partial charge in [-0.1, -0.05) is 41.4 Å². The summed E-state index contributed by atoms with van der Waals surface area (Å²) in [7, 11) is -2.84. The lowest BCUT2D eigenvalue weighted by molar-refractivity contribution is -0.142. The van der Waals surface area contributed by atoms with Crippen LogP contribution in [0.5, 0.6) is 0 Å². The number of halogens is 2. The lowest BCUT2D eigenvalue weighted by Crippen LogP contribution is -2.51. The first-order valence-electron chi connectivity index (χ1n) is 11.1. The summed E-state index contributed by atoms with van der Waals surface area (Å²) >= 11 is 13.5. The molecule has 2 aromatic heterocycles. The molecule has 9 nitrogen and oxygen atoms in total. The minimum Gasteiger partial charge on any atom is -0.468 e. The molecule has 0 aliphatic carbocycles. The zero-order chi connectivity index (χ0) is 27.2. The third kappa shape index (κ3) is 7.73. The molecule has 0 saturated carbocycles. The SMILES string of the molecule is COC(=O)[C@H](Cc1ccc(NC(=O)c2c(Cl)cncc2Cl)cc1)NS(=O)(=O)N(Cc1cccs1)C(C)C. The Hall–Kier alpha value is -2.54. The number of hydrogen-bond donors (Lipinski definition) is 2. The predicted octanol–water partition coefficient (Wildman–Crippen LogP) is 4.53. The van der Waals surface area contributed by atoms with Crippen molar-refractivity contribution in [2.45, 2.75) is 38.9 Å². The van der Waals surface area contributed by atoms with Crippen LogP contribution >= 0.6 is 34.5 Å². The molecule has 0 aliphatic rings. The number of esters is 1. The van der Waals surface area contributed by atoms with Crippen molar-refractivity contribution >= 4 is 62.3 Å². The van der Waals surface area contributed by atoms with Crippen LogP contribution in [0.2, 0.25) is 10.0 Å². The van der Waals surface area contributed by atoms with Gasteiger partial charge in [0.15, 0.2) is 0 Å². The van der Waals surface area contributed by atoms with Gasteiger partial charge in [0.1, 0.15) is 6.04 Å². The van der Waals surface area contributed by atoms with Crippen molar-refractivity contribution in [2.24, 2.45) is 0 Å². The quantitative estimate of drug-likeness (QED) is 0.320. The maximum absolute atomic E-state index is 13.2. The minimum atomic E-state index is -4.03. The van der Waals surface area contributed by atoms with E-state index in [9.17, 15) is 18.0 Å². The normalized spacial score (nSPS) is 12.5. The largest absolute Gasteiger partial charge is 0.468 e. The summed E-state index contributed by atoms with van der Waals surface area (Å²) < 4.78 is 35.1. The highest BCUT2D eigenvalue weighted by Gasteiger charge is 2.32. The van der Waals surface area contributed by atoms with Gasteiger partial charge in [0, 0.05) is 35.5 Å². The van der Waals surface area contributed by atoms with Crippen molar-refractivity contribution < 1.29 is 22.7 Å². The highest BCUT2D eigenvalue weighted by atomic mass is 35.5. The molecule has 0 spiro atoms. The van der Waals surface area contributed by atoms with Gasteiger partial charge in [-0.2, -0.15) is 17.4 Å². The Balaban J connectivity index is 1.73. The molecule has 13 heteroatoms. The average Bonchev–Trinajstić information content (AvgIpc) is 3.36. The number of hydrogen-bond acceptors (Lipinski definition) is 7. The van der Waals surface area contributed by atoms with Crippen molar-refractivity contribution in [1.29, 1.82) is 0 Å². The highest BCUT2D eigenvalue weighted by Crippen LogP contribution is 2.24. The number of amides is 1. The van der Waals surface area contributed by atoms with Gasteiger partial charge in [-0.05, 0) is 49.4 Å². The smallest absolute Gasteiger partial charge is 0.324 e. The number of nitrogens with one attached hydrogen (secondary N) is 2. The molecule has 0 unspecified atom stereocenters.